The van der Waals surface area contributed by atoms with Crippen LogP contribution in [0, 0.1) is 18.8 Å². The topological polar surface area (TPSA) is 32.6 Å². The van der Waals surface area contributed by atoms with Crippen molar-refractivity contribution in [2.75, 3.05) is 27.4 Å². The van der Waals surface area contributed by atoms with Gasteiger partial charge in [0.25, 0.3) is 0 Å². The van der Waals surface area contributed by atoms with Gasteiger partial charge in [0.15, 0.2) is 0 Å². The Balaban J connectivity index is 1.66. The number of methoxy groups -OCH3 is 2. The molecule has 3 aliphatic heterocycles. The third-order valence-electron chi connectivity index (χ3n) is 6.44. The molecule has 2 saturated heterocycles. The highest BCUT2D eigenvalue weighted by molar-refractivity contribution is 5.54. The Bertz CT molecular complexity index is 798. The molecule has 6 atom stereocenters. The van der Waals surface area contributed by atoms with Crippen LogP contribution in [0.1, 0.15) is 28.7 Å². The summed E-state index contributed by atoms with van der Waals surface area (Å²) < 4.78 is 20.1. The first-order chi connectivity index (χ1) is 12.2. The fraction of sp³-hybridized carbons (Fsp3) is 0.524. The maximum Gasteiger partial charge on any atom is 0.0723 e. The van der Waals surface area contributed by atoms with E-state index >= 15 is 0 Å². The summed E-state index contributed by atoms with van der Waals surface area (Å²) in [6.45, 7) is 3.65. The van der Waals surface area contributed by atoms with Crippen LogP contribution in [0.15, 0.2) is 36.5 Å². The molecule has 132 valence electrons. The number of aromatic nitrogens is 1. The van der Waals surface area contributed by atoms with E-state index in [1.165, 1.54) is 22.5 Å². The molecular weight excluding hydrogens is 314 g/mol. The number of rotatable bonds is 4. The van der Waals surface area contributed by atoms with Crippen molar-refractivity contribution in [2.24, 2.45) is 11.8 Å². The maximum atomic E-state index is 6.60. The van der Waals surface area contributed by atoms with Gasteiger partial charge in [-0.15, -0.1) is 0 Å². The molecule has 0 saturated carbocycles. The Morgan fingerprint density at radius 3 is 2.44 bits per heavy atom. The second-order valence-corrected chi connectivity index (χ2v) is 7.72. The highest BCUT2D eigenvalue weighted by Gasteiger charge is 2.62. The lowest BCUT2D eigenvalue weighted by atomic mass is 9.64. The van der Waals surface area contributed by atoms with Crippen LogP contribution in [0.4, 0.5) is 0 Å². The summed E-state index contributed by atoms with van der Waals surface area (Å²) in [5.41, 5.74) is 5.43. The first-order valence-electron chi connectivity index (χ1n) is 9.16. The van der Waals surface area contributed by atoms with Crippen LogP contribution in [0.2, 0.25) is 0 Å². The quantitative estimate of drug-likeness (QED) is 0.857. The van der Waals surface area contributed by atoms with Gasteiger partial charge in [-0.1, -0.05) is 17.7 Å². The number of nitrogens with zero attached hydrogens (tertiary/aromatic N) is 1. The normalized spacial score (nSPS) is 34.7. The lowest BCUT2D eigenvalue weighted by molar-refractivity contribution is 0.0518. The van der Waals surface area contributed by atoms with Crippen molar-refractivity contribution in [3.63, 3.8) is 0 Å². The summed E-state index contributed by atoms with van der Waals surface area (Å²) in [7, 11) is 3.58. The molecule has 2 bridgehead atoms. The van der Waals surface area contributed by atoms with E-state index in [0.29, 0.717) is 23.7 Å². The van der Waals surface area contributed by atoms with Gasteiger partial charge in [-0.2, -0.15) is 0 Å². The number of benzene rings is 1. The predicted molar refractivity (Wildman–Crippen MR) is 95.4 cm³/mol. The number of hydrogen-bond donors (Lipinski definition) is 0. The maximum absolute atomic E-state index is 6.60. The molecule has 0 aliphatic carbocycles. The Morgan fingerprint density at radius 1 is 1.00 bits per heavy atom. The van der Waals surface area contributed by atoms with E-state index < -0.39 is 0 Å². The summed E-state index contributed by atoms with van der Waals surface area (Å²) in [5.74, 6) is 1.61. The molecule has 2 aromatic rings. The highest BCUT2D eigenvalue weighted by atomic mass is 16.5. The SMILES string of the molecule is COC[C@@H]1[C@H](COC)[C@@H]2O[C@H]1[C@H]1c3cc(C)ccc3-n3cccc3[C@@H]21. The molecule has 1 aromatic heterocycles. The van der Waals surface area contributed by atoms with Gasteiger partial charge in [-0.25, -0.2) is 0 Å². The number of ether oxygens (including phenoxy) is 3. The second kappa shape index (κ2) is 5.70. The Hall–Kier alpha value is -1.62. The average molecular weight is 339 g/mol. The fourth-order valence-corrected chi connectivity index (χ4v) is 5.57. The van der Waals surface area contributed by atoms with Crippen molar-refractivity contribution in [3.05, 3.63) is 53.3 Å². The summed E-state index contributed by atoms with van der Waals surface area (Å²) in [4.78, 5) is 0. The summed E-state index contributed by atoms with van der Waals surface area (Å²) in [5, 5.41) is 0. The Labute approximate surface area is 148 Å². The van der Waals surface area contributed by atoms with E-state index in [9.17, 15) is 0 Å². The molecule has 0 radical (unpaired) electrons. The molecule has 4 heterocycles. The van der Waals surface area contributed by atoms with E-state index in [-0.39, 0.29) is 12.2 Å². The van der Waals surface area contributed by atoms with Crippen molar-refractivity contribution in [3.8, 4) is 5.69 Å². The average Bonchev–Trinajstić information content (AvgIpc) is 3.29. The zero-order chi connectivity index (χ0) is 17.1. The van der Waals surface area contributed by atoms with E-state index in [1.54, 1.807) is 14.2 Å². The molecule has 25 heavy (non-hydrogen) atoms. The summed E-state index contributed by atoms with van der Waals surface area (Å²) in [6.07, 6.45) is 2.60. The monoisotopic (exact) mass is 339 g/mol. The smallest absolute Gasteiger partial charge is 0.0723 e. The van der Waals surface area contributed by atoms with Crippen LogP contribution in [0.5, 0.6) is 0 Å². The first kappa shape index (κ1) is 15.6. The van der Waals surface area contributed by atoms with Crippen molar-refractivity contribution in [1.29, 1.82) is 0 Å². The van der Waals surface area contributed by atoms with Crippen LogP contribution in [-0.2, 0) is 14.2 Å². The van der Waals surface area contributed by atoms with Gasteiger partial charge in [-0.3, -0.25) is 0 Å². The van der Waals surface area contributed by atoms with Gasteiger partial charge in [0.2, 0.25) is 0 Å². The van der Waals surface area contributed by atoms with Crippen molar-refractivity contribution in [2.45, 2.75) is 31.0 Å². The molecule has 0 spiro atoms. The van der Waals surface area contributed by atoms with Crippen molar-refractivity contribution < 1.29 is 14.2 Å². The number of aryl methyl sites for hydroxylation is 1. The third-order valence-corrected chi connectivity index (χ3v) is 6.44. The van der Waals surface area contributed by atoms with Gasteiger partial charge < -0.3 is 18.8 Å². The van der Waals surface area contributed by atoms with Crippen LogP contribution in [0.3, 0.4) is 0 Å². The zero-order valence-corrected chi connectivity index (χ0v) is 15.0. The Morgan fingerprint density at radius 2 is 1.72 bits per heavy atom. The predicted octanol–water partition coefficient (Wildman–Crippen LogP) is 3.27. The van der Waals surface area contributed by atoms with Gasteiger partial charge in [0, 0.05) is 55.5 Å². The molecule has 3 aliphatic rings. The van der Waals surface area contributed by atoms with Crippen LogP contribution < -0.4 is 0 Å². The number of hydrogen-bond acceptors (Lipinski definition) is 3. The minimum atomic E-state index is 0.206. The largest absolute Gasteiger partial charge is 0.384 e. The lowest BCUT2D eigenvalue weighted by Gasteiger charge is -2.41. The zero-order valence-electron chi connectivity index (χ0n) is 15.0. The Kier molecular flexibility index (Phi) is 3.56. The minimum Gasteiger partial charge on any atom is -0.384 e. The molecule has 0 unspecified atom stereocenters. The number of fused-ring (bicyclic) bond motifs is 10. The van der Waals surface area contributed by atoms with Gasteiger partial charge >= 0.3 is 0 Å². The van der Waals surface area contributed by atoms with Gasteiger partial charge in [-0.05, 0) is 30.7 Å². The molecule has 1 aromatic carbocycles. The highest BCUT2D eigenvalue weighted by Crippen LogP contribution is 2.61. The van der Waals surface area contributed by atoms with E-state index in [1.807, 2.05) is 0 Å². The molecule has 4 nitrogen and oxygen atoms in total. The third kappa shape index (κ3) is 2.05. The van der Waals surface area contributed by atoms with Crippen molar-refractivity contribution in [1.82, 2.24) is 4.57 Å². The molecule has 0 N–H and O–H groups in total. The molecule has 2 fully saturated rings. The summed E-state index contributed by atoms with van der Waals surface area (Å²) in [6, 6.07) is 11.2. The van der Waals surface area contributed by atoms with Crippen LogP contribution in [0.25, 0.3) is 5.69 Å². The molecule has 4 heteroatoms. The van der Waals surface area contributed by atoms with E-state index in [0.717, 1.165) is 13.2 Å². The molecule has 0 amide bonds. The van der Waals surface area contributed by atoms with Crippen molar-refractivity contribution >= 4 is 0 Å². The van der Waals surface area contributed by atoms with Gasteiger partial charge in [0.1, 0.15) is 0 Å². The second-order valence-electron chi connectivity index (χ2n) is 7.72. The minimum absolute atomic E-state index is 0.206. The van der Waals surface area contributed by atoms with E-state index in [4.69, 9.17) is 14.2 Å². The fourth-order valence-electron chi connectivity index (χ4n) is 5.57. The lowest BCUT2D eigenvalue weighted by Crippen LogP contribution is -2.43. The van der Waals surface area contributed by atoms with Gasteiger partial charge in [0.05, 0.1) is 25.4 Å². The van der Waals surface area contributed by atoms with E-state index in [2.05, 4.69) is 48.0 Å². The first-order valence-corrected chi connectivity index (χ1v) is 9.16. The van der Waals surface area contributed by atoms with Crippen LogP contribution in [-0.4, -0.2) is 44.2 Å². The molecule has 5 rings (SSSR count). The van der Waals surface area contributed by atoms with Crippen LogP contribution >= 0.6 is 0 Å². The molecular formula is C21H25NO3. The standard InChI is InChI=1S/C21H25NO3/c1-12-6-7-16-13(9-12)18-19(17-5-4-8-22(16)17)21-15(11-24-3)14(10-23-2)20(18)25-21/h4-9,14-15,18-21H,10-11H2,1-3H3/t14-,15+,18+,19-,20-,21+/m1/s1. The summed E-state index contributed by atoms with van der Waals surface area (Å²) >= 11 is 0.